The fourth-order valence-electron chi connectivity index (χ4n) is 2.03. The molecule has 0 spiro atoms. The number of hydrogen-bond donors (Lipinski definition) is 1. The minimum Gasteiger partial charge on any atom is -0.313 e. The summed E-state index contributed by atoms with van der Waals surface area (Å²) in [5.74, 6) is 0. The Labute approximate surface area is 108 Å². The first-order valence-corrected chi connectivity index (χ1v) is 7.27. The smallest absolute Gasteiger partial charge is 0.0147 e. The molecule has 17 heavy (non-hydrogen) atoms. The number of rotatable bonds is 8. The summed E-state index contributed by atoms with van der Waals surface area (Å²) in [4.78, 5) is 2.53. The fourth-order valence-corrected chi connectivity index (χ4v) is 2.03. The van der Waals surface area contributed by atoms with Crippen LogP contribution in [-0.2, 0) is 0 Å². The van der Waals surface area contributed by atoms with E-state index < -0.39 is 0 Å². The maximum Gasteiger partial charge on any atom is 0.0147 e. The summed E-state index contributed by atoms with van der Waals surface area (Å²) in [6, 6.07) is 0.824. The SMILES string of the molecule is CCC(C)(CNC1CC1)CN(C)C(C)(C)CC. The van der Waals surface area contributed by atoms with Gasteiger partial charge in [-0.05, 0) is 52.0 Å². The molecular formula is C15H32N2. The van der Waals surface area contributed by atoms with Gasteiger partial charge in [-0.3, -0.25) is 0 Å². The van der Waals surface area contributed by atoms with Crippen molar-refractivity contribution in [2.24, 2.45) is 5.41 Å². The molecule has 1 unspecified atom stereocenters. The van der Waals surface area contributed by atoms with E-state index in [2.05, 4.69) is 51.9 Å². The van der Waals surface area contributed by atoms with E-state index in [1.807, 2.05) is 0 Å². The Morgan fingerprint density at radius 2 is 1.71 bits per heavy atom. The van der Waals surface area contributed by atoms with Crippen LogP contribution in [0.5, 0.6) is 0 Å². The maximum absolute atomic E-state index is 3.70. The topological polar surface area (TPSA) is 15.3 Å². The van der Waals surface area contributed by atoms with Crippen molar-refractivity contribution in [2.45, 2.75) is 71.9 Å². The largest absolute Gasteiger partial charge is 0.313 e. The van der Waals surface area contributed by atoms with Gasteiger partial charge in [0.05, 0.1) is 0 Å². The second-order valence-corrected chi connectivity index (χ2v) is 6.84. The molecule has 0 amide bonds. The third-order valence-electron chi connectivity index (χ3n) is 4.77. The third kappa shape index (κ3) is 4.59. The second kappa shape index (κ2) is 5.71. The molecule has 0 aliphatic heterocycles. The van der Waals surface area contributed by atoms with Crippen LogP contribution in [-0.4, -0.2) is 36.6 Å². The molecule has 0 bridgehead atoms. The van der Waals surface area contributed by atoms with E-state index in [4.69, 9.17) is 0 Å². The first kappa shape index (κ1) is 15.0. The van der Waals surface area contributed by atoms with Gasteiger partial charge in [0.15, 0.2) is 0 Å². The third-order valence-corrected chi connectivity index (χ3v) is 4.77. The van der Waals surface area contributed by atoms with Crippen molar-refractivity contribution in [3.8, 4) is 0 Å². The average molecular weight is 240 g/mol. The summed E-state index contributed by atoms with van der Waals surface area (Å²) in [6.07, 6.45) is 5.22. The highest BCUT2D eigenvalue weighted by Gasteiger charge is 2.31. The lowest BCUT2D eigenvalue weighted by molar-refractivity contribution is 0.0866. The van der Waals surface area contributed by atoms with Crippen molar-refractivity contribution in [1.29, 1.82) is 0 Å². The van der Waals surface area contributed by atoms with Crippen LogP contribution in [0.1, 0.15) is 60.3 Å². The summed E-state index contributed by atoms with van der Waals surface area (Å²) in [6.45, 7) is 14.1. The van der Waals surface area contributed by atoms with E-state index in [0.717, 1.165) is 12.6 Å². The molecule has 102 valence electrons. The maximum atomic E-state index is 3.70. The lowest BCUT2D eigenvalue weighted by atomic mass is 9.85. The van der Waals surface area contributed by atoms with Crippen LogP contribution < -0.4 is 5.32 Å². The zero-order chi connectivity index (χ0) is 13.1. The Hall–Kier alpha value is -0.0800. The van der Waals surface area contributed by atoms with Gasteiger partial charge < -0.3 is 10.2 Å². The standard InChI is InChI=1S/C15H32N2/c1-7-14(3,4)17(6)12-15(5,8-2)11-16-13-9-10-13/h13,16H,7-12H2,1-6H3. The van der Waals surface area contributed by atoms with E-state index in [1.165, 1.54) is 32.2 Å². The molecule has 0 heterocycles. The van der Waals surface area contributed by atoms with Gasteiger partial charge in [0, 0.05) is 24.7 Å². The van der Waals surface area contributed by atoms with Crippen molar-refractivity contribution < 1.29 is 0 Å². The normalized spacial score (nSPS) is 20.6. The van der Waals surface area contributed by atoms with E-state index in [-0.39, 0.29) is 0 Å². The fraction of sp³-hybridized carbons (Fsp3) is 1.00. The monoisotopic (exact) mass is 240 g/mol. The van der Waals surface area contributed by atoms with E-state index in [1.54, 1.807) is 0 Å². The molecule has 0 radical (unpaired) electrons. The van der Waals surface area contributed by atoms with Gasteiger partial charge in [-0.15, -0.1) is 0 Å². The molecule has 1 N–H and O–H groups in total. The summed E-state index contributed by atoms with van der Waals surface area (Å²) < 4.78 is 0. The molecule has 2 nitrogen and oxygen atoms in total. The summed E-state index contributed by atoms with van der Waals surface area (Å²) in [5, 5.41) is 3.70. The highest BCUT2D eigenvalue weighted by atomic mass is 15.2. The first-order chi connectivity index (χ1) is 7.83. The molecule has 1 fully saturated rings. The average Bonchev–Trinajstić information content (AvgIpc) is 3.10. The van der Waals surface area contributed by atoms with Crippen LogP contribution in [0.4, 0.5) is 0 Å². The van der Waals surface area contributed by atoms with Crippen molar-refractivity contribution in [1.82, 2.24) is 10.2 Å². The Bertz CT molecular complexity index is 233. The summed E-state index contributed by atoms with van der Waals surface area (Å²) >= 11 is 0. The van der Waals surface area contributed by atoms with Crippen molar-refractivity contribution in [3.05, 3.63) is 0 Å². The van der Waals surface area contributed by atoms with Gasteiger partial charge in [-0.25, -0.2) is 0 Å². The molecule has 2 heteroatoms. The number of nitrogens with one attached hydrogen (secondary N) is 1. The zero-order valence-electron chi connectivity index (χ0n) is 12.8. The highest BCUT2D eigenvalue weighted by molar-refractivity contribution is 4.88. The van der Waals surface area contributed by atoms with E-state index in [9.17, 15) is 0 Å². The van der Waals surface area contributed by atoms with E-state index >= 15 is 0 Å². The molecular weight excluding hydrogens is 208 g/mol. The van der Waals surface area contributed by atoms with Crippen LogP contribution >= 0.6 is 0 Å². The number of hydrogen-bond acceptors (Lipinski definition) is 2. The van der Waals surface area contributed by atoms with Crippen LogP contribution in [0.25, 0.3) is 0 Å². The van der Waals surface area contributed by atoms with E-state index in [0.29, 0.717) is 11.0 Å². The lowest BCUT2D eigenvalue weighted by Crippen LogP contribution is -2.48. The molecule has 0 aromatic rings. The van der Waals surface area contributed by atoms with Gasteiger partial charge in [0.1, 0.15) is 0 Å². The van der Waals surface area contributed by atoms with Crippen LogP contribution in [0.3, 0.4) is 0 Å². The van der Waals surface area contributed by atoms with Crippen LogP contribution in [0.15, 0.2) is 0 Å². The first-order valence-electron chi connectivity index (χ1n) is 7.27. The minimum atomic E-state index is 0.315. The predicted molar refractivity (Wildman–Crippen MR) is 76.4 cm³/mol. The van der Waals surface area contributed by atoms with Crippen molar-refractivity contribution >= 4 is 0 Å². The second-order valence-electron chi connectivity index (χ2n) is 6.84. The quantitative estimate of drug-likeness (QED) is 0.700. The zero-order valence-corrected chi connectivity index (χ0v) is 12.8. The molecule has 0 aromatic carbocycles. The number of nitrogens with zero attached hydrogens (tertiary/aromatic N) is 1. The molecule has 1 aliphatic rings. The van der Waals surface area contributed by atoms with Crippen LogP contribution in [0.2, 0.25) is 0 Å². The molecule has 0 saturated heterocycles. The highest BCUT2D eigenvalue weighted by Crippen LogP contribution is 2.28. The lowest BCUT2D eigenvalue weighted by Gasteiger charge is -2.41. The van der Waals surface area contributed by atoms with Gasteiger partial charge in [-0.1, -0.05) is 20.8 Å². The molecule has 1 atom stereocenters. The van der Waals surface area contributed by atoms with Crippen molar-refractivity contribution in [3.63, 3.8) is 0 Å². The van der Waals surface area contributed by atoms with Gasteiger partial charge in [-0.2, -0.15) is 0 Å². The van der Waals surface area contributed by atoms with Gasteiger partial charge >= 0.3 is 0 Å². The van der Waals surface area contributed by atoms with Gasteiger partial charge in [0.2, 0.25) is 0 Å². The van der Waals surface area contributed by atoms with Gasteiger partial charge in [0.25, 0.3) is 0 Å². The van der Waals surface area contributed by atoms with Crippen LogP contribution in [0, 0.1) is 5.41 Å². The Morgan fingerprint density at radius 3 is 2.12 bits per heavy atom. The van der Waals surface area contributed by atoms with Crippen molar-refractivity contribution in [2.75, 3.05) is 20.1 Å². The Balaban J connectivity index is 2.47. The molecule has 1 saturated carbocycles. The molecule has 1 aliphatic carbocycles. The predicted octanol–water partition coefficient (Wildman–Crippen LogP) is 3.28. The molecule has 0 aromatic heterocycles. The summed E-state index contributed by atoms with van der Waals surface area (Å²) in [7, 11) is 2.27. The Morgan fingerprint density at radius 1 is 1.12 bits per heavy atom. The Kier molecular flexibility index (Phi) is 5.03. The molecule has 1 rings (SSSR count). The minimum absolute atomic E-state index is 0.315. The summed E-state index contributed by atoms with van der Waals surface area (Å²) in [5.41, 5.74) is 0.722.